The summed E-state index contributed by atoms with van der Waals surface area (Å²) in [5.41, 5.74) is 0.425. The SMILES string of the molecule is CC(=O)Oc1ccc(N2C(=O)C3C(C2=O)C2(Br)C(Br)=C(Br)C3(Br)C2(Br)Br)cc1. The van der Waals surface area contributed by atoms with Crippen LogP contribution in [0.25, 0.3) is 0 Å². The quantitative estimate of drug-likeness (QED) is 0.173. The van der Waals surface area contributed by atoms with Crippen LogP contribution in [0.3, 0.4) is 0 Å². The van der Waals surface area contributed by atoms with Crippen molar-refractivity contribution in [1.82, 2.24) is 0 Å². The topological polar surface area (TPSA) is 63.7 Å². The van der Waals surface area contributed by atoms with Crippen molar-refractivity contribution in [2.24, 2.45) is 11.8 Å². The van der Waals surface area contributed by atoms with E-state index >= 15 is 0 Å². The molecule has 1 aromatic carbocycles. The molecule has 1 saturated heterocycles. The van der Waals surface area contributed by atoms with E-state index in [4.69, 9.17) is 4.74 Å². The number of nitrogens with zero attached hydrogens (tertiary/aromatic N) is 1. The van der Waals surface area contributed by atoms with Gasteiger partial charge in [0.05, 0.1) is 26.2 Å². The molecule has 2 bridgehead atoms. The van der Waals surface area contributed by atoms with Crippen molar-refractivity contribution in [3.8, 4) is 5.75 Å². The Morgan fingerprint density at radius 2 is 1.36 bits per heavy atom. The summed E-state index contributed by atoms with van der Waals surface area (Å²) in [5, 5.41) is 0. The van der Waals surface area contributed by atoms with E-state index in [1.807, 2.05) is 0 Å². The van der Waals surface area contributed by atoms with E-state index in [-0.39, 0.29) is 11.8 Å². The van der Waals surface area contributed by atoms with Crippen molar-refractivity contribution < 1.29 is 19.1 Å². The summed E-state index contributed by atoms with van der Waals surface area (Å²) in [5.74, 6) is -2.02. The first kappa shape index (κ1) is 21.7. The van der Waals surface area contributed by atoms with Crippen LogP contribution in [0.1, 0.15) is 6.92 Å². The lowest BCUT2D eigenvalue weighted by atomic mass is 9.85. The van der Waals surface area contributed by atoms with Gasteiger partial charge in [0.1, 0.15) is 8.98 Å². The van der Waals surface area contributed by atoms with Gasteiger partial charge in [-0.2, -0.15) is 0 Å². The summed E-state index contributed by atoms with van der Waals surface area (Å²) < 4.78 is 3.94. The van der Waals surface area contributed by atoms with Crippen LogP contribution >= 0.6 is 95.6 Å². The fourth-order valence-electron chi connectivity index (χ4n) is 4.08. The molecular weight excluding hydrogens is 762 g/mol. The van der Waals surface area contributed by atoms with Crippen molar-refractivity contribution in [3.63, 3.8) is 0 Å². The van der Waals surface area contributed by atoms with Crippen molar-refractivity contribution in [2.75, 3.05) is 4.90 Å². The van der Waals surface area contributed by atoms with Gasteiger partial charge < -0.3 is 4.74 Å². The smallest absolute Gasteiger partial charge is 0.308 e. The highest BCUT2D eigenvalue weighted by Crippen LogP contribution is 2.80. The van der Waals surface area contributed by atoms with Crippen molar-refractivity contribution in [2.45, 2.75) is 18.8 Å². The molecular formula is C17H9Br6NO4. The number of ether oxygens (including phenoxy) is 1. The fraction of sp³-hybridized carbons (Fsp3) is 0.353. The predicted octanol–water partition coefficient (Wildman–Crippen LogP) is 5.50. The Labute approximate surface area is 210 Å². The third-order valence-electron chi connectivity index (χ3n) is 5.27. The van der Waals surface area contributed by atoms with Crippen LogP contribution in [0, 0.1) is 11.8 Å². The molecule has 5 nitrogen and oxygen atoms in total. The molecule has 2 fully saturated rings. The molecule has 0 N–H and O–H groups in total. The number of imide groups is 1. The maximum atomic E-state index is 13.4. The molecule has 4 rings (SSSR count). The highest BCUT2D eigenvalue weighted by Gasteiger charge is 2.85. The van der Waals surface area contributed by atoms with Gasteiger partial charge in [-0.1, -0.05) is 95.6 Å². The summed E-state index contributed by atoms with van der Waals surface area (Å²) in [4.78, 5) is 39.1. The largest absolute Gasteiger partial charge is 0.427 e. The van der Waals surface area contributed by atoms with E-state index in [0.717, 1.165) is 8.96 Å². The highest BCUT2D eigenvalue weighted by atomic mass is 79.9. The zero-order valence-corrected chi connectivity index (χ0v) is 23.3. The second kappa shape index (κ2) is 6.72. The van der Waals surface area contributed by atoms with Crippen molar-refractivity contribution in [3.05, 3.63) is 33.2 Å². The molecule has 1 saturated carbocycles. The molecule has 2 amide bonds. The minimum Gasteiger partial charge on any atom is -0.427 e. The summed E-state index contributed by atoms with van der Waals surface area (Å²) in [6, 6.07) is 6.28. The van der Waals surface area contributed by atoms with E-state index in [2.05, 4.69) is 95.6 Å². The van der Waals surface area contributed by atoms with Gasteiger partial charge in [-0.3, -0.25) is 14.4 Å². The molecule has 2 aliphatic carbocycles. The Balaban J connectivity index is 1.78. The number of rotatable bonds is 2. The van der Waals surface area contributed by atoms with E-state index < -0.39 is 29.7 Å². The van der Waals surface area contributed by atoms with Crippen LogP contribution in [-0.2, 0) is 14.4 Å². The standard InChI is InChI=1S/C17H9Br6NO4/c1-6(25)28-8-4-2-7(3-5-8)24-13(26)9-10(14(24)27)16(21)12(19)11(18)15(9,20)17(16,22)23/h2-5,9-10H,1H3. The Morgan fingerprint density at radius 1 is 0.929 bits per heavy atom. The fourth-order valence-corrected chi connectivity index (χ4v) is 11.4. The number of alkyl halides is 4. The van der Waals surface area contributed by atoms with Gasteiger partial charge in [-0.05, 0) is 24.3 Å². The Morgan fingerprint density at radius 3 is 1.75 bits per heavy atom. The number of anilines is 1. The van der Waals surface area contributed by atoms with Gasteiger partial charge in [0.2, 0.25) is 11.8 Å². The molecule has 148 valence electrons. The number of carbonyl (C=O) groups excluding carboxylic acids is 3. The number of halogens is 6. The van der Waals surface area contributed by atoms with Gasteiger partial charge >= 0.3 is 5.97 Å². The molecule has 28 heavy (non-hydrogen) atoms. The van der Waals surface area contributed by atoms with E-state index in [1.165, 1.54) is 11.8 Å². The Bertz CT molecular complexity index is 930. The molecule has 0 aromatic heterocycles. The molecule has 0 radical (unpaired) electrons. The Kier molecular flexibility index (Phi) is 5.20. The molecule has 1 heterocycles. The number of allylic oxidation sites excluding steroid dienone is 2. The lowest BCUT2D eigenvalue weighted by molar-refractivity contribution is -0.132. The number of carbonyl (C=O) groups is 3. The first-order valence-corrected chi connectivity index (χ1v) is 12.6. The van der Waals surface area contributed by atoms with Crippen LogP contribution in [0.5, 0.6) is 5.75 Å². The van der Waals surface area contributed by atoms with E-state index in [1.54, 1.807) is 24.3 Å². The lowest BCUT2D eigenvalue weighted by Gasteiger charge is -2.36. The summed E-state index contributed by atoms with van der Waals surface area (Å²) >= 11 is 22.1. The number of hydrogen-bond acceptors (Lipinski definition) is 4. The van der Waals surface area contributed by atoms with Crippen LogP contribution < -0.4 is 9.64 Å². The van der Waals surface area contributed by atoms with Crippen LogP contribution in [-0.4, -0.2) is 29.7 Å². The monoisotopic (exact) mass is 765 g/mol. The van der Waals surface area contributed by atoms with Gasteiger partial charge in [0.15, 0.2) is 0 Å². The van der Waals surface area contributed by atoms with Crippen LogP contribution in [0.15, 0.2) is 33.2 Å². The number of amides is 2. The van der Waals surface area contributed by atoms with E-state index in [9.17, 15) is 14.4 Å². The normalized spacial score (nSPS) is 35.6. The molecule has 0 spiro atoms. The van der Waals surface area contributed by atoms with E-state index in [0.29, 0.717) is 11.4 Å². The van der Waals surface area contributed by atoms with Crippen molar-refractivity contribution in [1.29, 1.82) is 0 Å². The first-order valence-electron chi connectivity index (χ1n) is 7.88. The third-order valence-corrected chi connectivity index (χ3v) is 16.5. The Hall–Kier alpha value is 0.450. The average Bonchev–Trinajstić information content (AvgIpc) is 3.00. The summed E-state index contributed by atoms with van der Waals surface area (Å²) in [7, 11) is 0. The molecule has 11 heteroatoms. The highest BCUT2D eigenvalue weighted by molar-refractivity contribution is 9.27. The van der Waals surface area contributed by atoms with Gasteiger partial charge in [0, 0.05) is 15.9 Å². The van der Waals surface area contributed by atoms with Gasteiger partial charge in [-0.15, -0.1) is 0 Å². The first-order chi connectivity index (χ1) is 12.9. The number of benzene rings is 1. The second-order valence-electron chi connectivity index (χ2n) is 6.68. The zero-order chi connectivity index (χ0) is 20.8. The minimum atomic E-state index is -0.883. The average molecular weight is 771 g/mol. The molecule has 1 aliphatic heterocycles. The lowest BCUT2D eigenvalue weighted by Crippen LogP contribution is -2.48. The molecule has 4 atom stereocenters. The maximum absolute atomic E-state index is 13.4. The molecule has 4 unspecified atom stereocenters. The number of fused-ring (bicyclic) bond motifs is 5. The van der Waals surface area contributed by atoms with Crippen molar-refractivity contribution >= 4 is 119 Å². The molecule has 3 aliphatic rings. The zero-order valence-electron chi connectivity index (χ0n) is 13.8. The van der Waals surface area contributed by atoms with Crippen LogP contribution in [0.2, 0.25) is 0 Å². The third kappa shape index (κ3) is 2.40. The summed E-state index contributed by atoms with van der Waals surface area (Å²) in [6.45, 7) is 1.30. The number of hydrogen-bond donors (Lipinski definition) is 0. The summed E-state index contributed by atoms with van der Waals surface area (Å²) in [6.07, 6.45) is 0. The van der Waals surface area contributed by atoms with Gasteiger partial charge in [0.25, 0.3) is 0 Å². The maximum Gasteiger partial charge on any atom is 0.308 e. The second-order valence-corrected chi connectivity index (χ2v) is 14.2. The minimum absolute atomic E-state index is 0.311. The molecule has 1 aromatic rings. The predicted molar refractivity (Wildman–Crippen MR) is 126 cm³/mol. The van der Waals surface area contributed by atoms with Gasteiger partial charge in [-0.25, -0.2) is 4.90 Å². The van der Waals surface area contributed by atoms with Crippen LogP contribution in [0.4, 0.5) is 5.69 Å². The number of esters is 1.